The third-order valence-electron chi connectivity index (χ3n) is 4.33. The van der Waals surface area contributed by atoms with E-state index in [4.69, 9.17) is 4.43 Å². The zero-order chi connectivity index (χ0) is 16.1. The van der Waals surface area contributed by atoms with Gasteiger partial charge in [0.2, 0.25) is 0 Å². The van der Waals surface area contributed by atoms with Crippen LogP contribution in [-0.4, -0.2) is 26.5 Å². The van der Waals surface area contributed by atoms with Crippen LogP contribution in [0.2, 0.25) is 18.1 Å². The van der Waals surface area contributed by atoms with Gasteiger partial charge in [-0.1, -0.05) is 26.8 Å². The van der Waals surface area contributed by atoms with E-state index in [1.54, 1.807) is 6.08 Å². The summed E-state index contributed by atoms with van der Waals surface area (Å²) in [7, 11) is -1.78. The molecular formula is C16H30O3Si. The Kier molecular flexibility index (Phi) is 7.05. The second kappa shape index (κ2) is 7.32. The third kappa shape index (κ3) is 5.33. The molecule has 0 bridgehead atoms. The van der Waals surface area contributed by atoms with Gasteiger partial charge in [-0.3, -0.25) is 9.59 Å². The van der Waals surface area contributed by atoms with Crippen molar-refractivity contribution in [1.82, 2.24) is 0 Å². The number of hydrogen-bond donors (Lipinski definition) is 0. The summed E-state index contributed by atoms with van der Waals surface area (Å²) in [6, 6.07) is 0. The van der Waals surface area contributed by atoms with Crippen LogP contribution in [0.5, 0.6) is 0 Å². The summed E-state index contributed by atoms with van der Waals surface area (Å²) < 4.78 is 6.10. The monoisotopic (exact) mass is 298 g/mol. The Bertz CT molecular complexity index is 352. The number of hydrogen-bond acceptors (Lipinski definition) is 3. The van der Waals surface area contributed by atoms with Crippen LogP contribution in [0.15, 0.2) is 12.7 Å². The van der Waals surface area contributed by atoms with Crippen molar-refractivity contribution in [2.24, 2.45) is 11.8 Å². The predicted molar refractivity (Wildman–Crippen MR) is 86.3 cm³/mol. The molecule has 3 nitrogen and oxygen atoms in total. The number of carbonyl (C=O) groups is 2. The van der Waals surface area contributed by atoms with Crippen molar-refractivity contribution in [2.45, 2.75) is 59.2 Å². The summed E-state index contributed by atoms with van der Waals surface area (Å²) in [5.41, 5.74) is 0. The molecule has 0 spiro atoms. The van der Waals surface area contributed by atoms with Crippen LogP contribution >= 0.6 is 0 Å². The number of rotatable bonds is 8. The van der Waals surface area contributed by atoms with Gasteiger partial charge < -0.3 is 4.43 Å². The molecule has 0 fully saturated rings. The first kappa shape index (κ1) is 19.3. The molecule has 0 aromatic carbocycles. The van der Waals surface area contributed by atoms with E-state index in [1.165, 1.54) is 13.8 Å². The molecule has 0 aliphatic heterocycles. The first-order valence-corrected chi connectivity index (χ1v) is 10.1. The highest BCUT2D eigenvalue weighted by molar-refractivity contribution is 6.74. The lowest BCUT2D eigenvalue weighted by Gasteiger charge is -2.36. The maximum absolute atomic E-state index is 11.6. The van der Waals surface area contributed by atoms with Crippen LogP contribution in [0.4, 0.5) is 0 Å². The number of carbonyl (C=O) groups excluding carboxylic acids is 2. The standard InChI is InChI=1S/C16H30O3Si/c1-9-14(15(12(2)17)13(3)18)10-11-19-20(7,8)16(4,5)6/h9,14-15H,1,10-11H2,2-8H3/t14-/m1/s1. The summed E-state index contributed by atoms with van der Waals surface area (Å²) >= 11 is 0. The minimum Gasteiger partial charge on any atom is -0.417 e. The van der Waals surface area contributed by atoms with E-state index < -0.39 is 14.2 Å². The highest BCUT2D eigenvalue weighted by Crippen LogP contribution is 2.36. The summed E-state index contributed by atoms with van der Waals surface area (Å²) in [6.07, 6.45) is 2.38. The Morgan fingerprint density at radius 3 is 1.95 bits per heavy atom. The average molecular weight is 298 g/mol. The molecule has 116 valence electrons. The lowest BCUT2D eigenvalue weighted by atomic mass is 9.84. The molecule has 0 saturated carbocycles. The molecule has 0 amide bonds. The molecular weight excluding hydrogens is 268 g/mol. The molecule has 0 aliphatic carbocycles. The van der Waals surface area contributed by atoms with Crippen molar-refractivity contribution in [2.75, 3.05) is 6.61 Å². The minimum atomic E-state index is -1.78. The fourth-order valence-electron chi connectivity index (χ4n) is 1.98. The molecule has 0 N–H and O–H groups in total. The maximum atomic E-state index is 11.6. The average Bonchev–Trinajstić information content (AvgIpc) is 2.24. The predicted octanol–water partition coefficient (Wildman–Crippen LogP) is 3.99. The van der Waals surface area contributed by atoms with Gasteiger partial charge in [-0.25, -0.2) is 0 Å². The Hall–Kier alpha value is -0.743. The third-order valence-corrected chi connectivity index (χ3v) is 8.87. The lowest BCUT2D eigenvalue weighted by molar-refractivity contribution is -0.132. The quantitative estimate of drug-likeness (QED) is 0.386. The first-order valence-electron chi connectivity index (χ1n) is 7.21. The molecule has 0 aromatic rings. The van der Waals surface area contributed by atoms with E-state index >= 15 is 0 Å². The molecule has 0 heterocycles. The van der Waals surface area contributed by atoms with Crippen molar-refractivity contribution in [3.8, 4) is 0 Å². The normalized spacial score (nSPS) is 14.2. The van der Waals surface area contributed by atoms with Gasteiger partial charge in [0.15, 0.2) is 8.32 Å². The molecule has 0 radical (unpaired) electrons. The van der Waals surface area contributed by atoms with Gasteiger partial charge in [0.1, 0.15) is 11.6 Å². The summed E-state index contributed by atoms with van der Waals surface area (Å²) in [5.74, 6) is -0.880. The Morgan fingerprint density at radius 1 is 1.20 bits per heavy atom. The number of ketones is 2. The van der Waals surface area contributed by atoms with Gasteiger partial charge >= 0.3 is 0 Å². The van der Waals surface area contributed by atoms with Crippen LogP contribution in [0.3, 0.4) is 0 Å². The fraction of sp³-hybridized carbons (Fsp3) is 0.750. The molecule has 1 atom stereocenters. The number of Topliss-reactive ketones (excluding diaryl/α,β-unsaturated/α-hetero) is 2. The number of allylic oxidation sites excluding steroid dienone is 1. The molecule has 0 aromatic heterocycles. The van der Waals surface area contributed by atoms with Crippen LogP contribution in [0, 0.1) is 11.8 Å². The Balaban J connectivity index is 4.66. The highest BCUT2D eigenvalue weighted by Gasteiger charge is 2.37. The first-order chi connectivity index (χ1) is 8.94. The van der Waals surface area contributed by atoms with Crippen LogP contribution in [0.25, 0.3) is 0 Å². The molecule has 20 heavy (non-hydrogen) atoms. The highest BCUT2D eigenvalue weighted by atomic mass is 28.4. The van der Waals surface area contributed by atoms with Crippen molar-refractivity contribution < 1.29 is 14.0 Å². The van der Waals surface area contributed by atoms with E-state index in [2.05, 4.69) is 40.4 Å². The fourth-order valence-corrected chi connectivity index (χ4v) is 3.04. The van der Waals surface area contributed by atoms with Gasteiger partial charge in [-0.05, 0) is 44.3 Å². The molecule has 4 heteroatoms. The van der Waals surface area contributed by atoms with Gasteiger partial charge in [-0.15, -0.1) is 6.58 Å². The van der Waals surface area contributed by atoms with E-state index in [1.807, 2.05) is 0 Å². The van der Waals surface area contributed by atoms with E-state index in [-0.39, 0.29) is 22.5 Å². The van der Waals surface area contributed by atoms with E-state index in [0.717, 1.165) is 0 Å². The van der Waals surface area contributed by atoms with Crippen LogP contribution in [-0.2, 0) is 14.0 Å². The van der Waals surface area contributed by atoms with Gasteiger partial charge in [0.05, 0.1) is 5.92 Å². The molecule has 0 aliphatic rings. The summed E-state index contributed by atoms with van der Waals surface area (Å²) in [4.78, 5) is 23.2. The van der Waals surface area contributed by atoms with E-state index in [9.17, 15) is 9.59 Å². The lowest BCUT2D eigenvalue weighted by Crippen LogP contribution is -2.41. The van der Waals surface area contributed by atoms with Crippen molar-refractivity contribution in [1.29, 1.82) is 0 Å². The van der Waals surface area contributed by atoms with E-state index in [0.29, 0.717) is 13.0 Å². The largest absolute Gasteiger partial charge is 0.417 e. The van der Waals surface area contributed by atoms with Gasteiger partial charge in [0, 0.05) is 6.61 Å². The molecule has 0 unspecified atom stereocenters. The van der Waals surface area contributed by atoms with Gasteiger partial charge in [0.25, 0.3) is 0 Å². The molecule has 0 rings (SSSR count). The van der Waals surface area contributed by atoms with Gasteiger partial charge in [-0.2, -0.15) is 0 Å². The van der Waals surface area contributed by atoms with Crippen molar-refractivity contribution >= 4 is 19.9 Å². The summed E-state index contributed by atoms with van der Waals surface area (Å²) in [5, 5.41) is 0.164. The molecule has 0 saturated heterocycles. The second-order valence-electron chi connectivity index (χ2n) is 7.00. The SMILES string of the molecule is C=C[C@H](CCO[Si](C)(C)C(C)(C)C)C(C(C)=O)C(C)=O. The zero-order valence-corrected chi connectivity index (χ0v) is 15.1. The zero-order valence-electron chi connectivity index (χ0n) is 14.1. The van der Waals surface area contributed by atoms with Crippen LogP contribution in [0.1, 0.15) is 41.0 Å². The topological polar surface area (TPSA) is 43.4 Å². The Morgan fingerprint density at radius 2 is 1.65 bits per heavy atom. The van der Waals surface area contributed by atoms with Crippen molar-refractivity contribution in [3.05, 3.63) is 12.7 Å². The van der Waals surface area contributed by atoms with Crippen molar-refractivity contribution in [3.63, 3.8) is 0 Å². The van der Waals surface area contributed by atoms with Crippen LogP contribution < -0.4 is 0 Å². The minimum absolute atomic E-state index is 0.0882. The second-order valence-corrected chi connectivity index (χ2v) is 11.8. The smallest absolute Gasteiger partial charge is 0.191 e. The Labute approximate surface area is 124 Å². The maximum Gasteiger partial charge on any atom is 0.191 e. The summed E-state index contributed by atoms with van der Waals surface area (Å²) in [6.45, 7) is 18.2.